The Kier molecular flexibility index (Phi) is 6.14. The van der Waals surface area contributed by atoms with E-state index in [9.17, 15) is 9.59 Å². The summed E-state index contributed by atoms with van der Waals surface area (Å²) in [5.74, 6) is 0.599. The summed E-state index contributed by atoms with van der Waals surface area (Å²) in [6.45, 7) is 0.103. The lowest BCUT2D eigenvalue weighted by atomic mass is 10.2. The summed E-state index contributed by atoms with van der Waals surface area (Å²) >= 11 is 5.82. The molecule has 1 aliphatic heterocycles. The van der Waals surface area contributed by atoms with Crippen molar-refractivity contribution in [2.75, 3.05) is 6.61 Å². The van der Waals surface area contributed by atoms with Crippen molar-refractivity contribution in [1.82, 2.24) is 5.43 Å². The fraction of sp³-hybridized carbons (Fsp3) is 0.0870. The van der Waals surface area contributed by atoms with Crippen molar-refractivity contribution >= 4 is 29.7 Å². The Bertz CT molecular complexity index is 1110. The molecule has 0 unspecified atom stereocenters. The molecule has 0 saturated carbocycles. The normalized spacial score (nSPS) is 14.8. The molecule has 0 aromatic heterocycles. The van der Waals surface area contributed by atoms with Gasteiger partial charge >= 0.3 is 5.97 Å². The zero-order chi connectivity index (χ0) is 21.6. The van der Waals surface area contributed by atoms with Gasteiger partial charge in [-0.3, -0.25) is 4.79 Å². The molecule has 3 aromatic carbocycles. The number of nitrogens with zero attached hydrogens (tertiary/aromatic N) is 1. The predicted molar refractivity (Wildman–Crippen MR) is 115 cm³/mol. The molecule has 0 fully saturated rings. The number of hydrazone groups is 1. The second-order valence-corrected chi connectivity index (χ2v) is 7.00. The standard InChI is InChI=1S/C23H17ClN2O5/c24-17-9-7-16(8-10-17)23(28)30-18-11-5-15(6-12-18)13-25-26-22(27)21-14-29-19-3-1-2-4-20(19)31-21/h1-13,21H,14H2,(H,26,27)/b25-13+/t21-/m0/s1. The first-order chi connectivity index (χ1) is 15.1. The molecule has 1 atom stereocenters. The van der Waals surface area contributed by atoms with Crippen LogP contribution in [0.4, 0.5) is 0 Å². The largest absolute Gasteiger partial charge is 0.485 e. The van der Waals surface area contributed by atoms with E-state index in [-0.39, 0.29) is 6.61 Å². The number of nitrogens with one attached hydrogen (secondary N) is 1. The third-order valence-electron chi connectivity index (χ3n) is 4.36. The second kappa shape index (κ2) is 9.32. The van der Waals surface area contributed by atoms with Gasteiger partial charge in [0.2, 0.25) is 6.10 Å². The summed E-state index contributed by atoms with van der Waals surface area (Å²) in [7, 11) is 0. The number of esters is 1. The number of carbonyl (C=O) groups is 2. The molecule has 0 bridgehead atoms. The van der Waals surface area contributed by atoms with Gasteiger partial charge < -0.3 is 14.2 Å². The van der Waals surface area contributed by atoms with Crippen LogP contribution < -0.4 is 19.6 Å². The molecule has 4 rings (SSSR count). The van der Waals surface area contributed by atoms with Crippen LogP contribution in [0.1, 0.15) is 15.9 Å². The van der Waals surface area contributed by atoms with E-state index < -0.39 is 18.0 Å². The lowest BCUT2D eigenvalue weighted by molar-refractivity contribution is -0.130. The number of hydrogen-bond acceptors (Lipinski definition) is 6. The van der Waals surface area contributed by atoms with Crippen LogP contribution in [0, 0.1) is 0 Å². The van der Waals surface area contributed by atoms with Crippen LogP contribution in [-0.2, 0) is 4.79 Å². The maximum Gasteiger partial charge on any atom is 0.343 e. The first-order valence-electron chi connectivity index (χ1n) is 9.38. The Hall–Kier alpha value is -3.84. The molecule has 1 heterocycles. The van der Waals surface area contributed by atoms with Crippen molar-refractivity contribution in [3.63, 3.8) is 0 Å². The molecule has 7 nitrogen and oxygen atoms in total. The van der Waals surface area contributed by atoms with Gasteiger partial charge in [-0.1, -0.05) is 23.7 Å². The fourth-order valence-corrected chi connectivity index (χ4v) is 2.89. The number of carbonyl (C=O) groups excluding carboxylic acids is 2. The molecule has 8 heteroatoms. The van der Waals surface area contributed by atoms with Crippen molar-refractivity contribution in [2.45, 2.75) is 6.10 Å². The molecular formula is C23H17ClN2O5. The van der Waals surface area contributed by atoms with E-state index in [4.69, 9.17) is 25.8 Å². The van der Waals surface area contributed by atoms with E-state index in [1.807, 2.05) is 6.07 Å². The Morgan fingerprint density at radius 3 is 2.45 bits per heavy atom. The summed E-state index contributed by atoms with van der Waals surface area (Å²) in [5, 5.41) is 4.48. The zero-order valence-corrected chi connectivity index (χ0v) is 16.9. The Morgan fingerprint density at radius 1 is 1.00 bits per heavy atom. The monoisotopic (exact) mass is 436 g/mol. The van der Waals surface area contributed by atoms with Gasteiger partial charge in [0.15, 0.2) is 11.5 Å². The average Bonchev–Trinajstić information content (AvgIpc) is 2.80. The first kappa shape index (κ1) is 20.4. The number of halogens is 1. The number of hydrogen-bond donors (Lipinski definition) is 1. The van der Waals surface area contributed by atoms with E-state index in [2.05, 4.69) is 10.5 Å². The summed E-state index contributed by atoms with van der Waals surface area (Å²) < 4.78 is 16.5. The van der Waals surface area contributed by atoms with E-state index in [0.717, 1.165) is 0 Å². The molecular weight excluding hydrogens is 420 g/mol. The third-order valence-corrected chi connectivity index (χ3v) is 4.61. The molecule has 31 heavy (non-hydrogen) atoms. The predicted octanol–water partition coefficient (Wildman–Crippen LogP) is 3.85. The first-order valence-corrected chi connectivity index (χ1v) is 9.75. The number of benzene rings is 3. The Balaban J connectivity index is 1.29. The van der Waals surface area contributed by atoms with Crippen LogP contribution in [0.2, 0.25) is 5.02 Å². The van der Waals surface area contributed by atoms with Crippen molar-refractivity contribution < 1.29 is 23.8 Å². The van der Waals surface area contributed by atoms with Gasteiger partial charge in [-0.15, -0.1) is 0 Å². The highest BCUT2D eigenvalue weighted by Gasteiger charge is 2.26. The Morgan fingerprint density at radius 2 is 1.71 bits per heavy atom. The minimum Gasteiger partial charge on any atom is -0.485 e. The third kappa shape index (κ3) is 5.21. The van der Waals surface area contributed by atoms with Gasteiger partial charge in [0.05, 0.1) is 11.8 Å². The van der Waals surface area contributed by atoms with E-state index in [1.54, 1.807) is 66.7 Å². The van der Waals surface area contributed by atoms with Gasteiger partial charge in [0, 0.05) is 5.02 Å². The highest BCUT2D eigenvalue weighted by molar-refractivity contribution is 6.30. The topological polar surface area (TPSA) is 86.2 Å². The smallest absolute Gasteiger partial charge is 0.343 e. The van der Waals surface area contributed by atoms with Gasteiger partial charge in [0.1, 0.15) is 12.4 Å². The summed E-state index contributed by atoms with van der Waals surface area (Å²) in [4.78, 5) is 24.4. The van der Waals surface area contributed by atoms with Gasteiger partial charge in [-0.25, -0.2) is 10.2 Å². The minimum atomic E-state index is -0.790. The van der Waals surface area contributed by atoms with Crippen molar-refractivity contribution in [3.05, 3.63) is 88.9 Å². The van der Waals surface area contributed by atoms with Crippen LogP contribution in [0.15, 0.2) is 77.9 Å². The van der Waals surface area contributed by atoms with E-state index in [0.29, 0.717) is 33.4 Å². The van der Waals surface area contributed by atoms with Crippen LogP contribution in [0.5, 0.6) is 17.2 Å². The number of fused-ring (bicyclic) bond motifs is 1. The lowest BCUT2D eigenvalue weighted by Gasteiger charge is -2.24. The van der Waals surface area contributed by atoms with Crippen molar-refractivity contribution in [2.24, 2.45) is 5.10 Å². The summed E-state index contributed by atoms with van der Waals surface area (Å²) in [5.41, 5.74) is 3.54. The molecule has 0 spiro atoms. The molecule has 0 radical (unpaired) electrons. The fourth-order valence-electron chi connectivity index (χ4n) is 2.77. The van der Waals surface area contributed by atoms with Crippen LogP contribution in [0.25, 0.3) is 0 Å². The molecule has 1 amide bonds. The summed E-state index contributed by atoms with van der Waals surface area (Å²) in [6, 6.07) is 20.2. The van der Waals surface area contributed by atoms with Crippen molar-refractivity contribution in [3.8, 4) is 17.2 Å². The van der Waals surface area contributed by atoms with Gasteiger partial charge in [0.25, 0.3) is 5.91 Å². The quantitative estimate of drug-likeness (QED) is 0.284. The summed E-state index contributed by atoms with van der Waals surface area (Å²) in [6.07, 6.45) is 0.682. The molecule has 156 valence electrons. The second-order valence-electron chi connectivity index (χ2n) is 6.56. The maximum absolute atomic E-state index is 12.2. The Labute approximate surface area is 183 Å². The van der Waals surface area contributed by atoms with E-state index >= 15 is 0 Å². The lowest BCUT2D eigenvalue weighted by Crippen LogP contribution is -2.42. The minimum absolute atomic E-state index is 0.103. The zero-order valence-electron chi connectivity index (χ0n) is 16.2. The SMILES string of the molecule is O=C(Oc1ccc(/C=N/NC(=O)[C@@H]2COc3ccccc3O2)cc1)c1ccc(Cl)cc1. The number of rotatable bonds is 5. The van der Waals surface area contributed by atoms with Gasteiger partial charge in [-0.2, -0.15) is 5.10 Å². The molecule has 1 N–H and O–H groups in total. The molecule has 0 saturated heterocycles. The van der Waals surface area contributed by atoms with E-state index in [1.165, 1.54) is 6.21 Å². The highest BCUT2D eigenvalue weighted by atomic mass is 35.5. The highest BCUT2D eigenvalue weighted by Crippen LogP contribution is 2.30. The molecule has 0 aliphatic carbocycles. The van der Waals surface area contributed by atoms with Gasteiger partial charge in [-0.05, 0) is 66.2 Å². The maximum atomic E-state index is 12.2. The number of amides is 1. The molecule has 1 aliphatic rings. The average molecular weight is 437 g/mol. The molecule has 3 aromatic rings. The van der Waals surface area contributed by atoms with Crippen molar-refractivity contribution in [1.29, 1.82) is 0 Å². The van der Waals surface area contributed by atoms with Crippen LogP contribution >= 0.6 is 11.6 Å². The van der Waals surface area contributed by atoms with Crippen LogP contribution in [-0.4, -0.2) is 30.8 Å². The number of para-hydroxylation sites is 2. The number of ether oxygens (including phenoxy) is 3. The van der Waals surface area contributed by atoms with Crippen LogP contribution in [0.3, 0.4) is 0 Å².